The minimum atomic E-state index is -0.915. The number of ether oxygens (including phenoxy) is 1. The number of rotatable bonds is 3. The summed E-state index contributed by atoms with van der Waals surface area (Å²) >= 11 is 0. The zero-order valence-electron chi connectivity index (χ0n) is 9.82. The highest BCUT2D eigenvalue weighted by molar-refractivity contribution is 5.83. The molecule has 1 atom stereocenters. The number of aliphatic hydroxyl groups excluding tert-OH is 1. The number of amides is 1. The molecule has 1 amide bonds. The van der Waals surface area contributed by atoms with Crippen molar-refractivity contribution in [3.8, 4) is 5.75 Å². The maximum absolute atomic E-state index is 13.6. The lowest BCUT2D eigenvalue weighted by atomic mass is 10.2. The van der Waals surface area contributed by atoms with Crippen LogP contribution in [0.2, 0.25) is 0 Å². The van der Waals surface area contributed by atoms with Gasteiger partial charge in [0.2, 0.25) is 0 Å². The van der Waals surface area contributed by atoms with Gasteiger partial charge in [-0.05, 0) is 17.7 Å². The molecule has 1 N–H and O–H groups in total. The van der Waals surface area contributed by atoms with Gasteiger partial charge in [-0.2, -0.15) is 0 Å². The zero-order valence-corrected chi connectivity index (χ0v) is 9.82. The highest BCUT2D eigenvalue weighted by Gasteiger charge is 2.32. The van der Waals surface area contributed by atoms with Gasteiger partial charge in [0.05, 0.1) is 6.61 Å². The van der Waals surface area contributed by atoms with E-state index in [1.54, 1.807) is 7.05 Å². The normalized spacial score (nSPS) is 19.4. The van der Waals surface area contributed by atoms with E-state index in [1.165, 1.54) is 4.90 Å². The van der Waals surface area contributed by atoms with E-state index in [0.717, 1.165) is 12.1 Å². The third-order valence-electron chi connectivity index (χ3n) is 2.88. The first-order valence-electron chi connectivity index (χ1n) is 5.53. The molecule has 0 aromatic heterocycles. The number of halogens is 2. The summed E-state index contributed by atoms with van der Waals surface area (Å²) in [6.45, 7) is 0.0423. The van der Waals surface area contributed by atoms with Crippen molar-refractivity contribution in [1.29, 1.82) is 0 Å². The molecule has 1 aliphatic rings. The Morgan fingerprint density at radius 2 is 2.06 bits per heavy atom. The lowest BCUT2D eigenvalue weighted by molar-refractivity contribution is -0.132. The Morgan fingerprint density at radius 1 is 1.44 bits per heavy atom. The Kier molecular flexibility index (Phi) is 3.47. The molecule has 1 unspecified atom stereocenters. The van der Waals surface area contributed by atoms with Crippen LogP contribution in [0.1, 0.15) is 12.0 Å². The van der Waals surface area contributed by atoms with Gasteiger partial charge in [-0.1, -0.05) is 0 Å². The summed E-state index contributed by atoms with van der Waals surface area (Å²) in [4.78, 5) is 13.0. The number of benzene rings is 1. The topological polar surface area (TPSA) is 49.8 Å². The van der Waals surface area contributed by atoms with Gasteiger partial charge in [0.25, 0.3) is 5.91 Å². The number of aliphatic hydroxyl groups is 1. The van der Waals surface area contributed by atoms with E-state index >= 15 is 0 Å². The fourth-order valence-electron chi connectivity index (χ4n) is 1.86. The van der Waals surface area contributed by atoms with Crippen LogP contribution in [0.25, 0.3) is 0 Å². The van der Waals surface area contributed by atoms with Crippen LogP contribution in [-0.4, -0.2) is 35.6 Å². The van der Waals surface area contributed by atoms with Crippen LogP contribution < -0.4 is 4.74 Å². The van der Waals surface area contributed by atoms with Gasteiger partial charge >= 0.3 is 0 Å². The molecule has 0 radical (unpaired) electrons. The van der Waals surface area contributed by atoms with Crippen molar-refractivity contribution in [3.63, 3.8) is 0 Å². The number of carbonyl (C=O) groups excluding carboxylic acids is 1. The van der Waals surface area contributed by atoms with Crippen LogP contribution in [0.15, 0.2) is 12.1 Å². The Balaban J connectivity index is 2.22. The zero-order chi connectivity index (χ0) is 13.3. The maximum atomic E-state index is 13.6. The number of hydrogen-bond donors (Lipinski definition) is 1. The first-order chi connectivity index (χ1) is 8.52. The largest absolute Gasteiger partial charge is 0.474 e. The van der Waals surface area contributed by atoms with E-state index < -0.39 is 30.1 Å². The van der Waals surface area contributed by atoms with Crippen molar-refractivity contribution in [3.05, 3.63) is 29.3 Å². The summed E-state index contributed by atoms with van der Waals surface area (Å²) in [6, 6.07) is 1.98. The number of likely N-dealkylation sites (tertiary alicyclic amines) is 1. The van der Waals surface area contributed by atoms with Gasteiger partial charge in [0.1, 0.15) is 0 Å². The minimum Gasteiger partial charge on any atom is -0.474 e. The van der Waals surface area contributed by atoms with Crippen LogP contribution >= 0.6 is 0 Å². The van der Waals surface area contributed by atoms with Crippen molar-refractivity contribution in [1.82, 2.24) is 4.90 Å². The Hall–Kier alpha value is -1.69. The molecule has 0 aliphatic carbocycles. The minimum absolute atomic E-state index is 0.118. The summed E-state index contributed by atoms with van der Waals surface area (Å²) in [6.07, 6.45) is -0.449. The predicted octanol–water partition coefficient (Wildman–Crippen LogP) is 1.07. The van der Waals surface area contributed by atoms with E-state index in [2.05, 4.69) is 0 Å². The van der Waals surface area contributed by atoms with E-state index in [9.17, 15) is 13.6 Å². The molecule has 18 heavy (non-hydrogen) atoms. The maximum Gasteiger partial charge on any atom is 0.263 e. The molecule has 1 aliphatic heterocycles. The smallest absolute Gasteiger partial charge is 0.263 e. The van der Waals surface area contributed by atoms with Gasteiger partial charge in [-0.15, -0.1) is 0 Å². The van der Waals surface area contributed by atoms with Gasteiger partial charge < -0.3 is 14.7 Å². The van der Waals surface area contributed by atoms with E-state index in [1.807, 2.05) is 0 Å². The summed E-state index contributed by atoms with van der Waals surface area (Å²) in [5, 5.41) is 8.80. The number of nitrogens with zero attached hydrogens (tertiary/aromatic N) is 1. The molecular formula is C12H13F2NO3. The number of likely N-dealkylation sites (N-methyl/N-ethyl adjacent to an activating group) is 1. The highest BCUT2D eigenvalue weighted by Crippen LogP contribution is 2.26. The lowest BCUT2D eigenvalue weighted by Gasteiger charge is -2.14. The molecule has 1 aromatic rings. The highest BCUT2D eigenvalue weighted by atomic mass is 19.1. The van der Waals surface area contributed by atoms with Crippen LogP contribution in [0.4, 0.5) is 8.78 Å². The summed E-state index contributed by atoms with van der Waals surface area (Å²) in [5.41, 5.74) is 0.118. The second kappa shape index (κ2) is 4.89. The average molecular weight is 257 g/mol. The van der Waals surface area contributed by atoms with Crippen LogP contribution in [0, 0.1) is 11.6 Å². The van der Waals surface area contributed by atoms with Crippen molar-refractivity contribution in [2.45, 2.75) is 19.1 Å². The molecule has 1 heterocycles. The van der Waals surface area contributed by atoms with Gasteiger partial charge in [0, 0.05) is 20.0 Å². The molecule has 2 rings (SSSR count). The monoisotopic (exact) mass is 257 g/mol. The Morgan fingerprint density at radius 3 is 2.50 bits per heavy atom. The quantitative estimate of drug-likeness (QED) is 0.881. The van der Waals surface area contributed by atoms with E-state index in [4.69, 9.17) is 9.84 Å². The van der Waals surface area contributed by atoms with Gasteiger partial charge in [-0.25, -0.2) is 8.78 Å². The van der Waals surface area contributed by atoms with Gasteiger partial charge in [0.15, 0.2) is 23.5 Å². The first-order valence-corrected chi connectivity index (χ1v) is 5.53. The van der Waals surface area contributed by atoms with E-state index in [-0.39, 0.29) is 11.5 Å². The van der Waals surface area contributed by atoms with Crippen molar-refractivity contribution >= 4 is 5.91 Å². The molecule has 0 saturated carbocycles. The summed E-state index contributed by atoms with van der Waals surface area (Å²) in [7, 11) is 1.60. The number of carbonyl (C=O) groups is 1. The van der Waals surface area contributed by atoms with Crippen LogP contribution in [0.5, 0.6) is 5.75 Å². The fourth-order valence-corrected chi connectivity index (χ4v) is 1.86. The SMILES string of the molecule is CN1CCC(Oc2c(F)cc(CO)cc2F)C1=O. The molecule has 98 valence electrons. The molecule has 0 bridgehead atoms. The fraction of sp³-hybridized carbons (Fsp3) is 0.417. The Bertz CT molecular complexity index is 455. The molecule has 1 fully saturated rings. The molecule has 1 aromatic carbocycles. The second-order valence-corrected chi connectivity index (χ2v) is 4.20. The summed E-state index contributed by atoms with van der Waals surface area (Å²) in [5.74, 6) is -2.69. The average Bonchev–Trinajstić information content (AvgIpc) is 2.65. The molecular weight excluding hydrogens is 244 g/mol. The summed E-state index contributed by atoms with van der Waals surface area (Å²) < 4.78 is 32.2. The second-order valence-electron chi connectivity index (χ2n) is 4.20. The van der Waals surface area contributed by atoms with Gasteiger partial charge in [-0.3, -0.25) is 4.79 Å². The van der Waals surface area contributed by atoms with E-state index in [0.29, 0.717) is 13.0 Å². The number of hydrogen-bond acceptors (Lipinski definition) is 3. The predicted molar refractivity (Wildman–Crippen MR) is 59.0 cm³/mol. The molecule has 0 spiro atoms. The molecule has 1 saturated heterocycles. The van der Waals surface area contributed by atoms with Crippen molar-refractivity contribution < 1.29 is 23.4 Å². The van der Waals surface area contributed by atoms with Crippen molar-refractivity contribution in [2.75, 3.05) is 13.6 Å². The molecule has 6 heteroatoms. The third kappa shape index (κ3) is 2.28. The van der Waals surface area contributed by atoms with Crippen LogP contribution in [-0.2, 0) is 11.4 Å². The third-order valence-corrected chi connectivity index (χ3v) is 2.88. The standard InChI is InChI=1S/C12H13F2NO3/c1-15-3-2-10(12(15)17)18-11-8(13)4-7(6-16)5-9(11)14/h4-5,10,16H,2-3,6H2,1H3. The molecule has 4 nitrogen and oxygen atoms in total. The van der Waals surface area contributed by atoms with Crippen molar-refractivity contribution in [2.24, 2.45) is 0 Å². The first kappa shape index (κ1) is 12.8. The lowest BCUT2D eigenvalue weighted by Crippen LogP contribution is -2.29. The Labute approximate surface area is 103 Å². The van der Waals surface area contributed by atoms with Crippen LogP contribution in [0.3, 0.4) is 0 Å².